The third kappa shape index (κ3) is 1.01. The summed E-state index contributed by atoms with van der Waals surface area (Å²) in [5.41, 5.74) is 0.796. The largest absolute Gasteiger partial charge is 0.316 e. The highest BCUT2D eigenvalue weighted by Crippen LogP contribution is 2.54. The number of nitrogens with one attached hydrogen (secondary N) is 1. The van der Waals surface area contributed by atoms with Crippen molar-refractivity contribution < 1.29 is 0 Å². The van der Waals surface area contributed by atoms with Crippen LogP contribution < -0.4 is 5.32 Å². The molecule has 0 aromatic carbocycles. The summed E-state index contributed by atoms with van der Waals surface area (Å²) in [6.07, 6.45) is 7.72. The molecule has 11 heavy (non-hydrogen) atoms. The third-order valence-electron chi connectivity index (χ3n) is 3.79. The van der Waals surface area contributed by atoms with E-state index >= 15 is 0 Å². The molecule has 0 unspecified atom stereocenters. The number of fused-ring (bicyclic) bond motifs is 2. The molecule has 1 heteroatoms. The zero-order valence-corrected chi connectivity index (χ0v) is 7.10. The summed E-state index contributed by atoms with van der Waals surface area (Å²) in [6, 6.07) is 0. The van der Waals surface area contributed by atoms with E-state index in [1.54, 1.807) is 19.3 Å². The van der Waals surface area contributed by atoms with Crippen LogP contribution in [0.5, 0.6) is 0 Å². The molecule has 0 aromatic rings. The molecule has 4 rings (SSSR count). The van der Waals surface area contributed by atoms with E-state index < -0.39 is 0 Å². The fourth-order valence-corrected chi connectivity index (χ4v) is 3.17. The first-order valence-electron chi connectivity index (χ1n) is 5.07. The van der Waals surface area contributed by atoms with Crippen molar-refractivity contribution in [2.24, 2.45) is 17.3 Å². The minimum absolute atomic E-state index is 0.796. The summed E-state index contributed by atoms with van der Waals surface area (Å²) in [5, 5.41) is 3.56. The van der Waals surface area contributed by atoms with Gasteiger partial charge in [-0.1, -0.05) is 12.8 Å². The molecule has 1 N–H and O–H groups in total. The molecule has 1 nitrogen and oxygen atoms in total. The Labute approximate surface area is 68.6 Å². The lowest BCUT2D eigenvalue weighted by Gasteiger charge is -2.53. The molecule has 2 saturated carbocycles. The van der Waals surface area contributed by atoms with Crippen LogP contribution in [-0.2, 0) is 0 Å². The molecular weight excluding hydrogens is 134 g/mol. The summed E-state index contributed by atoms with van der Waals surface area (Å²) in [7, 11) is 0. The second kappa shape index (κ2) is 2.01. The molecule has 4 fully saturated rings. The van der Waals surface area contributed by atoms with E-state index in [0.29, 0.717) is 0 Å². The zero-order chi connectivity index (χ0) is 7.31. The molecule has 0 atom stereocenters. The Morgan fingerprint density at radius 2 is 2.09 bits per heavy atom. The highest BCUT2D eigenvalue weighted by molar-refractivity contribution is 5.02. The Hall–Kier alpha value is -0.0400. The van der Waals surface area contributed by atoms with Gasteiger partial charge in [-0.05, 0) is 43.1 Å². The van der Waals surface area contributed by atoms with Gasteiger partial charge in [-0.2, -0.15) is 0 Å². The third-order valence-corrected chi connectivity index (χ3v) is 3.79. The van der Waals surface area contributed by atoms with Gasteiger partial charge in [0.15, 0.2) is 0 Å². The predicted molar refractivity (Wildman–Crippen MR) is 45.4 cm³/mol. The monoisotopic (exact) mass is 151 g/mol. The highest BCUT2D eigenvalue weighted by Gasteiger charge is 2.48. The van der Waals surface area contributed by atoms with Gasteiger partial charge in [-0.25, -0.2) is 0 Å². The molecular formula is C10H17N. The minimum Gasteiger partial charge on any atom is -0.316 e. The van der Waals surface area contributed by atoms with Crippen molar-refractivity contribution >= 4 is 0 Å². The lowest BCUT2D eigenvalue weighted by Crippen LogP contribution is -2.54. The van der Waals surface area contributed by atoms with Crippen molar-refractivity contribution in [3.8, 4) is 0 Å². The van der Waals surface area contributed by atoms with E-state index in [2.05, 4.69) is 5.32 Å². The summed E-state index contributed by atoms with van der Waals surface area (Å²) in [6.45, 7) is 2.65. The molecule has 62 valence electrons. The number of rotatable bonds is 2. The van der Waals surface area contributed by atoms with Gasteiger partial charge in [-0.3, -0.25) is 0 Å². The molecule has 2 aliphatic carbocycles. The first kappa shape index (κ1) is 6.47. The first-order chi connectivity index (χ1) is 5.36. The average molecular weight is 151 g/mol. The van der Waals surface area contributed by atoms with Crippen molar-refractivity contribution in [2.75, 3.05) is 13.1 Å². The highest BCUT2D eigenvalue weighted by atomic mass is 14.9. The Balaban J connectivity index is 1.65. The number of hydrogen-bond acceptors (Lipinski definition) is 1. The summed E-state index contributed by atoms with van der Waals surface area (Å²) in [4.78, 5) is 0. The SMILES string of the molecule is C1CC1CC12CNCC(C1)C2. The van der Waals surface area contributed by atoms with Crippen LogP contribution >= 0.6 is 0 Å². The molecule has 4 aliphatic rings. The van der Waals surface area contributed by atoms with Gasteiger partial charge in [0.05, 0.1) is 0 Å². The first-order valence-corrected chi connectivity index (χ1v) is 5.07. The van der Waals surface area contributed by atoms with Gasteiger partial charge in [0.2, 0.25) is 0 Å². The zero-order valence-electron chi connectivity index (χ0n) is 7.10. The van der Waals surface area contributed by atoms with E-state index in [1.165, 1.54) is 25.9 Å². The lowest BCUT2D eigenvalue weighted by atomic mass is 9.57. The lowest BCUT2D eigenvalue weighted by molar-refractivity contribution is 0.00126. The number of piperidine rings is 2. The molecule has 0 radical (unpaired) electrons. The maximum absolute atomic E-state index is 3.56. The van der Waals surface area contributed by atoms with Gasteiger partial charge < -0.3 is 5.32 Å². The van der Waals surface area contributed by atoms with Crippen LogP contribution in [0.25, 0.3) is 0 Å². The van der Waals surface area contributed by atoms with Crippen LogP contribution in [0, 0.1) is 17.3 Å². The molecule has 2 heterocycles. The summed E-state index contributed by atoms with van der Waals surface area (Å²) in [5.74, 6) is 2.19. The van der Waals surface area contributed by atoms with Gasteiger partial charge >= 0.3 is 0 Å². The smallest absolute Gasteiger partial charge is 0.000825 e. The van der Waals surface area contributed by atoms with Crippen molar-refractivity contribution in [3.05, 3.63) is 0 Å². The second-order valence-corrected chi connectivity index (χ2v) is 5.05. The Kier molecular flexibility index (Phi) is 1.18. The Morgan fingerprint density at radius 3 is 2.64 bits per heavy atom. The summed E-state index contributed by atoms with van der Waals surface area (Å²) >= 11 is 0. The fraction of sp³-hybridized carbons (Fsp3) is 1.00. The quantitative estimate of drug-likeness (QED) is 0.634. The van der Waals surface area contributed by atoms with Crippen molar-refractivity contribution in [3.63, 3.8) is 0 Å². The molecule has 0 amide bonds. The maximum Gasteiger partial charge on any atom is 0.000825 e. The summed E-state index contributed by atoms with van der Waals surface area (Å²) < 4.78 is 0. The number of hydrogen-bond donors (Lipinski definition) is 1. The topological polar surface area (TPSA) is 12.0 Å². The Morgan fingerprint density at radius 1 is 1.27 bits per heavy atom. The van der Waals surface area contributed by atoms with Crippen LogP contribution in [0.2, 0.25) is 0 Å². The van der Waals surface area contributed by atoms with E-state index in [0.717, 1.165) is 17.3 Å². The van der Waals surface area contributed by atoms with Crippen LogP contribution in [0.15, 0.2) is 0 Å². The van der Waals surface area contributed by atoms with E-state index in [4.69, 9.17) is 0 Å². The average Bonchev–Trinajstić information content (AvgIpc) is 2.71. The maximum atomic E-state index is 3.56. The molecule has 2 saturated heterocycles. The fourth-order valence-electron chi connectivity index (χ4n) is 3.17. The van der Waals surface area contributed by atoms with Gasteiger partial charge in [0.1, 0.15) is 0 Å². The van der Waals surface area contributed by atoms with Gasteiger partial charge in [-0.15, -0.1) is 0 Å². The standard InChI is InChI=1S/C10H17N/c1-2-8(1)3-10-4-9(5-10)6-11-7-10/h8-9,11H,1-7H2. The van der Waals surface area contributed by atoms with Crippen LogP contribution in [0.4, 0.5) is 0 Å². The Bertz CT molecular complexity index is 160. The predicted octanol–water partition coefficient (Wildman–Crippen LogP) is 1.79. The molecule has 2 bridgehead atoms. The normalized spacial score (nSPS) is 48.5. The van der Waals surface area contributed by atoms with E-state index in [9.17, 15) is 0 Å². The molecule has 0 aromatic heterocycles. The van der Waals surface area contributed by atoms with Crippen LogP contribution in [0.1, 0.15) is 32.1 Å². The van der Waals surface area contributed by atoms with Crippen molar-refractivity contribution in [2.45, 2.75) is 32.1 Å². The molecule has 2 aliphatic heterocycles. The van der Waals surface area contributed by atoms with Crippen LogP contribution in [0.3, 0.4) is 0 Å². The molecule has 0 spiro atoms. The van der Waals surface area contributed by atoms with Crippen molar-refractivity contribution in [1.29, 1.82) is 0 Å². The second-order valence-electron chi connectivity index (χ2n) is 5.05. The van der Waals surface area contributed by atoms with Crippen molar-refractivity contribution in [1.82, 2.24) is 5.32 Å². The van der Waals surface area contributed by atoms with E-state index in [-0.39, 0.29) is 0 Å². The van der Waals surface area contributed by atoms with Gasteiger partial charge in [0.25, 0.3) is 0 Å². The van der Waals surface area contributed by atoms with Gasteiger partial charge in [0, 0.05) is 6.54 Å². The van der Waals surface area contributed by atoms with Crippen LogP contribution in [-0.4, -0.2) is 13.1 Å². The van der Waals surface area contributed by atoms with E-state index in [1.807, 2.05) is 0 Å². The minimum atomic E-state index is 0.796.